The third-order valence-electron chi connectivity index (χ3n) is 2.77. The van der Waals surface area contributed by atoms with Gasteiger partial charge in [0.25, 0.3) is 0 Å². The van der Waals surface area contributed by atoms with E-state index in [2.05, 4.69) is 15.9 Å². The monoisotopic (exact) mass is 373 g/mol. The van der Waals surface area contributed by atoms with Gasteiger partial charge in [-0.2, -0.15) is 17.5 Å². The van der Waals surface area contributed by atoms with Crippen LogP contribution in [0.5, 0.6) is 0 Å². The number of nitrogens with zero attached hydrogens (tertiary/aromatic N) is 1. The Kier molecular flexibility index (Phi) is 4.16. The highest BCUT2D eigenvalue weighted by atomic mass is 79.9. The molecule has 0 amide bonds. The van der Waals surface area contributed by atoms with Crippen LogP contribution in [0, 0.1) is 0 Å². The van der Waals surface area contributed by atoms with E-state index in [4.69, 9.17) is 4.74 Å². The van der Waals surface area contributed by atoms with Crippen LogP contribution in [0.25, 0.3) is 0 Å². The van der Waals surface area contributed by atoms with Crippen molar-refractivity contribution >= 4 is 26.0 Å². The van der Waals surface area contributed by atoms with Crippen molar-refractivity contribution in [1.82, 2.24) is 4.31 Å². The number of hydrogen-bond donors (Lipinski definition) is 0. The van der Waals surface area contributed by atoms with E-state index in [0.29, 0.717) is 12.7 Å². The molecule has 0 spiro atoms. The second kappa shape index (κ2) is 5.28. The minimum Gasteiger partial charge on any atom is -0.372 e. The Morgan fingerprint density at radius 3 is 2.50 bits per heavy atom. The summed E-state index contributed by atoms with van der Waals surface area (Å²) < 4.78 is 68.5. The molecule has 20 heavy (non-hydrogen) atoms. The van der Waals surface area contributed by atoms with Crippen molar-refractivity contribution in [3.63, 3.8) is 0 Å². The summed E-state index contributed by atoms with van der Waals surface area (Å²) in [5.41, 5.74) is -1.01. The summed E-state index contributed by atoms with van der Waals surface area (Å²) >= 11 is 2.90. The van der Waals surface area contributed by atoms with Gasteiger partial charge in [-0.3, -0.25) is 0 Å². The molecule has 1 atom stereocenters. The van der Waals surface area contributed by atoms with Crippen LogP contribution in [-0.4, -0.2) is 39.0 Å². The number of alkyl halides is 3. The number of epoxide rings is 1. The fourth-order valence-corrected chi connectivity index (χ4v) is 3.53. The second-order valence-electron chi connectivity index (χ2n) is 4.41. The second-order valence-corrected chi connectivity index (χ2v) is 7.37. The van der Waals surface area contributed by atoms with Crippen molar-refractivity contribution in [2.45, 2.75) is 17.2 Å². The summed E-state index contributed by atoms with van der Waals surface area (Å²) in [7, 11) is -2.67. The maximum Gasteiger partial charge on any atom is 0.416 e. The van der Waals surface area contributed by atoms with Gasteiger partial charge in [0.1, 0.15) is 0 Å². The van der Waals surface area contributed by atoms with Crippen molar-refractivity contribution in [3.05, 3.63) is 28.2 Å². The number of hydrogen-bond acceptors (Lipinski definition) is 3. The molecule has 1 aromatic carbocycles. The fourth-order valence-electron chi connectivity index (χ4n) is 1.61. The highest BCUT2D eigenvalue weighted by Gasteiger charge is 2.34. The fraction of sp³-hybridized carbons (Fsp3) is 0.455. The third-order valence-corrected chi connectivity index (χ3v) is 5.03. The van der Waals surface area contributed by atoms with Crippen LogP contribution in [0.3, 0.4) is 0 Å². The molecule has 1 fully saturated rings. The highest BCUT2D eigenvalue weighted by Crippen LogP contribution is 2.33. The quantitative estimate of drug-likeness (QED) is 0.761. The van der Waals surface area contributed by atoms with Crippen LogP contribution in [-0.2, 0) is 20.9 Å². The van der Waals surface area contributed by atoms with E-state index in [1.807, 2.05) is 0 Å². The number of sulfonamides is 1. The van der Waals surface area contributed by atoms with Gasteiger partial charge in [-0.15, -0.1) is 0 Å². The lowest BCUT2D eigenvalue weighted by Gasteiger charge is -2.17. The van der Waals surface area contributed by atoms with E-state index < -0.39 is 26.7 Å². The molecule has 0 radical (unpaired) electrons. The van der Waals surface area contributed by atoms with Gasteiger partial charge in [0.2, 0.25) is 10.0 Å². The van der Waals surface area contributed by atoms with Gasteiger partial charge < -0.3 is 4.74 Å². The highest BCUT2D eigenvalue weighted by molar-refractivity contribution is 9.10. The average Bonchev–Trinajstić information content (AvgIpc) is 3.10. The smallest absolute Gasteiger partial charge is 0.372 e. The van der Waals surface area contributed by atoms with Crippen LogP contribution in [0.15, 0.2) is 27.6 Å². The van der Waals surface area contributed by atoms with Crippen molar-refractivity contribution in [3.8, 4) is 0 Å². The van der Waals surface area contributed by atoms with Gasteiger partial charge in [-0.25, -0.2) is 8.42 Å². The Morgan fingerprint density at radius 2 is 2.00 bits per heavy atom. The third kappa shape index (κ3) is 3.51. The number of rotatable bonds is 4. The van der Waals surface area contributed by atoms with E-state index in [0.717, 1.165) is 16.4 Å². The maximum atomic E-state index is 12.7. The van der Waals surface area contributed by atoms with Crippen LogP contribution >= 0.6 is 15.9 Å². The predicted octanol–water partition coefficient (Wildman–Crippen LogP) is 2.49. The molecular weight excluding hydrogens is 363 g/mol. The zero-order valence-electron chi connectivity index (χ0n) is 10.3. The van der Waals surface area contributed by atoms with Crippen molar-refractivity contribution in [2.24, 2.45) is 0 Å². The molecule has 112 valence electrons. The van der Waals surface area contributed by atoms with Crippen LogP contribution < -0.4 is 0 Å². The van der Waals surface area contributed by atoms with Gasteiger partial charge in [-0.1, -0.05) is 15.9 Å². The molecule has 0 bridgehead atoms. The van der Waals surface area contributed by atoms with Crippen molar-refractivity contribution in [1.29, 1.82) is 0 Å². The molecule has 0 saturated carbocycles. The Balaban J connectivity index is 2.37. The van der Waals surface area contributed by atoms with Crippen LogP contribution in [0.1, 0.15) is 5.56 Å². The van der Waals surface area contributed by atoms with Crippen molar-refractivity contribution < 1.29 is 26.3 Å². The predicted molar refractivity (Wildman–Crippen MR) is 68.7 cm³/mol. The van der Waals surface area contributed by atoms with Crippen molar-refractivity contribution in [2.75, 3.05) is 20.2 Å². The largest absolute Gasteiger partial charge is 0.416 e. The molecule has 1 saturated heterocycles. The molecule has 4 nitrogen and oxygen atoms in total. The molecule has 1 aliphatic rings. The minimum atomic E-state index is -4.60. The Morgan fingerprint density at radius 1 is 1.40 bits per heavy atom. The van der Waals surface area contributed by atoms with E-state index in [1.54, 1.807) is 0 Å². The first-order chi connectivity index (χ1) is 9.10. The number of halogens is 4. The lowest BCUT2D eigenvalue weighted by Crippen LogP contribution is -2.30. The number of likely N-dealkylation sites (N-methyl/N-ethyl adjacent to an activating group) is 1. The summed E-state index contributed by atoms with van der Waals surface area (Å²) in [6, 6.07) is 2.61. The molecular formula is C11H11BrF3NO3S. The first-order valence-electron chi connectivity index (χ1n) is 5.56. The number of benzene rings is 1. The van der Waals surface area contributed by atoms with E-state index in [1.165, 1.54) is 7.05 Å². The summed E-state index contributed by atoms with van der Waals surface area (Å²) in [4.78, 5) is -0.401. The van der Waals surface area contributed by atoms with Gasteiger partial charge in [0.05, 0.1) is 23.2 Å². The minimum absolute atomic E-state index is 0.0574. The first-order valence-corrected chi connectivity index (χ1v) is 7.80. The normalized spacial score (nSPS) is 19.4. The molecule has 1 aliphatic heterocycles. The van der Waals surface area contributed by atoms with Gasteiger partial charge >= 0.3 is 6.18 Å². The van der Waals surface area contributed by atoms with Crippen LogP contribution in [0.2, 0.25) is 0 Å². The lowest BCUT2D eigenvalue weighted by molar-refractivity contribution is -0.137. The van der Waals surface area contributed by atoms with E-state index >= 15 is 0 Å². The Hall–Kier alpha value is -0.640. The molecule has 1 unspecified atom stereocenters. The zero-order valence-corrected chi connectivity index (χ0v) is 12.7. The molecule has 1 aromatic rings. The lowest BCUT2D eigenvalue weighted by atomic mass is 10.2. The molecule has 2 rings (SSSR count). The first kappa shape index (κ1) is 15.7. The number of ether oxygens (including phenoxy) is 1. The molecule has 0 aromatic heterocycles. The maximum absolute atomic E-state index is 12.7. The zero-order chi connectivity index (χ0) is 15.1. The summed E-state index contributed by atoms with van der Waals surface area (Å²) in [5.74, 6) is 0. The van der Waals surface area contributed by atoms with E-state index in [-0.39, 0.29) is 17.1 Å². The Labute approximate surface area is 122 Å². The molecule has 1 heterocycles. The topological polar surface area (TPSA) is 49.9 Å². The molecule has 0 N–H and O–H groups in total. The average molecular weight is 374 g/mol. The van der Waals surface area contributed by atoms with Gasteiger partial charge in [-0.05, 0) is 18.2 Å². The summed E-state index contributed by atoms with van der Waals surface area (Å²) in [5, 5.41) is 0. The Bertz CT molecular complexity index is 614. The molecule has 9 heteroatoms. The van der Waals surface area contributed by atoms with E-state index in [9.17, 15) is 21.6 Å². The van der Waals surface area contributed by atoms with Gasteiger partial charge in [0, 0.05) is 18.1 Å². The summed E-state index contributed by atoms with van der Waals surface area (Å²) in [6.45, 7) is 0.586. The van der Waals surface area contributed by atoms with Gasteiger partial charge in [0.15, 0.2) is 0 Å². The summed E-state index contributed by atoms with van der Waals surface area (Å²) in [6.07, 6.45) is -4.78. The standard InChI is InChI=1S/C11H11BrF3NO3S/c1-16(5-9-6-19-9)20(17,18)10-3-7(11(13,14)15)2-8(12)4-10/h2-4,9H,5-6H2,1H3. The van der Waals surface area contributed by atoms with Crippen LogP contribution in [0.4, 0.5) is 13.2 Å². The molecule has 0 aliphatic carbocycles. The SMILES string of the molecule is CN(CC1CO1)S(=O)(=O)c1cc(Br)cc(C(F)(F)F)c1.